The highest BCUT2D eigenvalue weighted by atomic mass is 31.2. The fourth-order valence-corrected chi connectivity index (χ4v) is 3.37. The van der Waals surface area contributed by atoms with Crippen molar-refractivity contribution in [1.29, 1.82) is 0 Å². The standard InChI is InChI=1S/C13H15FN3O5P/c1-21-23(20,22-2)12(8-3-5-9(14)6-4-8)15-10-7-11(18)17-13(19)16-10/h3-7,12H,1-2H3,(H3,15,16,17,18,19). The molecule has 0 radical (unpaired) electrons. The molecule has 0 fully saturated rings. The third kappa shape index (κ3) is 3.95. The van der Waals surface area contributed by atoms with E-state index in [-0.39, 0.29) is 5.82 Å². The third-order valence-electron chi connectivity index (χ3n) is 3.06. The second-order valence-corrected chi connectivity index (χ2v) is 6.83. The molecule has 10 heteroatoms. The van der Waals surface area contributed by atoms with Gasteiger partial charge in [-0.15, -0.1) is 0 Å². The van der Waals surface area contributed by atoms with Crippen molar-refractivity contribution in [1.82, 2.24) is 9.97 Å². The Morgan fingerprint density at radius 2 is 1.74 bits per heavy atom. The Morgan fingerprint density at radius 3 is 2.26 bits per heavy atom. The summed E-state index contributed by atoms with van der Waals surface area (Å²) in [7, 11) is -1.30. The molecule has 0 aliphatic rings. The Kier molecular flexibility index (Phi) is 5.15. The van der Waals surface area contributed by atoms with Crippen molar-refractivity contribution in [3.63, 3.8) is 0 Å². The largest absolute Gasteiger partial charge is 0.356 e. The third-order valence-corrected chi connectivity index (χ3v) is 5.14. The second kappa shape index (κ2) is 6.91. The molecule has 124 valence electrons. The Hall–Kier alpha value is -2.22. The lowest BCUT2D eigenvalue weighted by atomic mass is 10.2. The lowest BCUT2D eigenvalue weighted by Gasteiger charge is -2.26. The smallest absolute Gasteiger partial charge is 0.354 e. The quantitative estimate of drug-likeness (QED) is 0.689. The predicted molar refractivity (Wildman–Crippen MR) is 82.1 cm³/mol. The number of benzene rings is 1. The van der Waals surface area contributed by atoms with E-state index in [4.69, 9.17) is 9.05 Å². The number of H-pyrrole nitrogens is 2. The SMILES string of the molecule is COP(=O)(OC)C(Nc1cc(=O)[nH]c(=O)[nH]1)c1ccc(F)cc1. The van der Waals surface area contributed by atoms with E-state index in [2.05, 4.69) is 10.3 Å². The van der Waals surface area contributed by atoms with Gasteiger partial charge in [0.15, 0.2) is 5.78 Å². The van der Waals surface area contributed by atoms with Gasteiger partial charge in [-0.2, -0.15) is 0 Å². The number of halogens is 1. The van der Waals surface area contributed by atoms with Crippen LogP contribution in [0.15, 0.2) is 39.9 Å². The van der Waals surface area contributed by atoms with Crippen molar-refractivity contribution in [2.24, 2.45) is 0 Å². The normalized spacial score (nSPS) is 12.8. The highest BCUT2D eigenvalue weighted by Gasteiger charge is 2.35. The minimum Gasteiger partial charge on any atom is -0.354 e. The molecule has 0 aliphatic carbocycles. The van der Waals surface area contributed by atoms with Gasteiger partial charge in [0, 0.05) is 20.3 Å². The first-order valence-electron chi connectivity index (χ1n) is 6.45. The zero-order valence-corrected chi connectivity index (χ0v) is 13.2. The zero-order chi connectivity index (χ0) is 17.0. The number of hydrogen-bond acceptors (Lipinski definition) is 6. The van der Waals surface area contributed by atoms with Crippen molar-refractivity contribution in [2.75, 3.05) is 19.5 Å². The molecule has 0 amide bonds. The van der Waals surface area contributed by atoms with Gasteiger partial charge < -0.3 is 14.4 Å². The van der Waals surface area contributed by atoms with Crippen LogP contribution < -0.4 is 16.6 Å². The first kappa shape index (κ1) is 17.1. The van der Waals surface area contributed by atoms with Crippen LogP contribution in [0.2, 0.25) is 0 Å². The summed E-state index contributed by atoms with van der Waals surface area (Å²) in [5, 5.41) is 2.73. The van der Waals surface area contributed by atoms with Gasteiger partial charge in [0.1, 0.15) is 11.6 Å². The van der Waals surface area contributed by atoms with Gasteiger partial charge in [0.25, 0.3) is 5.56 Å². The van der Waals surface area contributed by atoms with E-state index < -0.39 is 30.4 Å². The Bertz CT molecular complexity index is 796. The van der Waals surface area contributed by atoms with Gasteiger partial charge in [-0.05, 0) is 17.7 Å². The van der Waals surface area contributed by atoms with Gasteiger partial charge in [-0.3, -0.25) is 19.3 Å². The van der Waals surface area contributed by atoms with Gasteiger partial charge in [0.2, 0.25) is 0 Å². The van der Waals surface area contributed by atoms with E-state index in [0.717, 1.165) is 6.07 Å². The molecule has 2 aromatic rings. The molecule has 1 unspecified atom stereocenters. The minimum absolute atomic E-state index is 0.0161. The van der Waals surface area contributed by atoms with Crippen molar-refractivity contribution in [2.45, 2.75) is 5.78 Å². The molecule has 3 N–H and O–H groups in total. The van der Waals surface area contributed by atoms with Crippen LogP contribution in [-0.2, 0) is 13.6 Å². The van der Waals surface area contributed by atoms with Crippen LogP contribution in [0.1, 0.15) is 11.3 Å². The van der Waals surface area contributed by atoms with Gasteiger partial charge >= 0.3 is 13.3 Å². The van der Waals surface area contributed by atoms with Crippen molar-refractivity contribution < 1.29 is 18.0 Å². The van der Waals surface area contributed by atoms with E-state index in [1.807, 2.05) is 4.98 Å². The van der Waals surface area contributed by atoms with Crippen LogP contribution in [0.25, 0.3) is 0 Å². The first-order valence-corrected chi connectivity index (χ1v) is 8.06. The Morgan fingerprint density at radius 1 is 1.13 bits per heavy atom. The van der Waals surface area contributed by atoms with Crippen LogP contribution in [0.3, 0.4) is 0 Å². The van der Waals surface area contributed by atoms with Crippen molar-refractivity contribution in [3.8, 4) is 0 Å². The molecular formula is C13H15FN3O5P. The summed E-state index contributed by atoms with van der Waals surface area (Å²) in [6.45, 7) is 0. The second-order valence-electron chi connectivity index (χ2n) is 4.50. The number of aromatic nitrogens is 2. The predicted octanol–water partition coefficient (Wildman–Crippen LogP) is 1.80. The van der Waals surface area contributed by atoms with Crippen molar-refractivity contribution in [3.05, 3.63) is 62.6 Å². The highest BCUT2D eigenvalue weighted by Crippen LogP contribution is 2.59. The molecule has 23 heavy (non-hydrogen) atoms. The molecule has 8 nitrogen and oxygen atoms in total. The summed E-state index contributed by atoms with van der Waals surface area (Å²) in [6.07, 6.45) is 0. The van der Waals surface area contributed by atoms with Crippen LogP contribution in [-0.4, -0.2) is 24.2 Å². The lowest BCUT2D eigenvalue weighted by molar-refractivity contribution is 0.268. The van der Waals surface area contributed by atoms with Crippen molar-refractivity contribution >= 4 is 13.4 Å². The molecule has 0 spiro atoms. The summed E-state index contributed by atoms with van der Waals surface area (Å²) in [5.74, 6) is -1.51. The molecular weight excluding hydrogens is 328 g/mol. The molecule has 0 bridgehead atoms. The average Bonchev–Trinajstić information content (AvgIpc) is 2.52. The number of nitrogens with one attached hydrogen (secondary N) is 3. The number of rotatable bonds is 6. The summed E-state index contributed by atoms with van der Waals surface area (Å²) < 4.78 is 35.8. The topological polar surface area (TPSA) is 113 Å². The molecule has 1 atom stereocenters. The van der Waals surface area contributed by atoms with E-state index in [9.17, 15) is 18.5 Å². The van der Waals surface area contributed by atoms with E-state index in [0.29, 0.717) is 5.56 Å². The fourth-order valence-electron chi connectivity index (χ4n) is 1.97. The fraction of sp³-hybridized carbons (Fsp3) is 0.231. The van der Waals surface area contributed by atoms with E-state index >= 15 is 0 Å². The number of hydrogen-bond donors (Lipinski definition) is 3. The van der Waals surface area contributed by atoms with E-state index in [1.54, 1.807) is 0 Å². The van der Waals surface area contributed by atoms with Crippen LogP contribution >= 0.6 is 7.60 Å². The summed E-state index contributed by atoms with van der Waals surface area (Å²) in [4.78, 5) is 27.1. The highest BCUT2D eigenvalue weighted by molar-refractivity contribution is 7.54. The molecule has 1 heterocycles. The molecule has 2 rings (SSSR count). The van der Waals surface area contributed by atoms with Gasteiger partial charge in [0.05, 0.1) is 0 Å². The summed E-state index contributed by atoms with van der Waals surface area (Å²) >= 11 is 0. The minimum atomic E-state index is -3.69. The monoisotopic (exact) mass is 343 g/mol. The lowest BCUT2D eigenvalue weighted by Crippen LogP contribution is -2.24. The van der Waals surface area contributed by atoms with E-state index in [1.165, 1.54) is 38.5 Å². The Labute approximate surface area is 130 Å². The first-order chi connectivity index (χ1) is 10.9. The molecule has 1 aromatic heterocycles. The van der Waals surface area contributed by atoms with Crippen LogP contribution in [0.5, 0.6) is 0 Å². The molecule has 0 aliphatic heterocycles. The number of anilines is 1. The van der Waals surface area contributed by atoms with Gasteiger partial charge in [-0.1, -0.05) is 12.1 Å². The Balaban J connectivity index is 2.49. The average molecular weight is 343 g/mol. The number of aromatic amines is 2. The molecule has 0 saturated heterocycles. The maximum absolute atomic E-state index is 13.1. The summed E-state index contributed by atoms with van der Waals surface area (Å²) in [6, 6.07) is 6.22. The summed E-state index contributed by atoms with van der Waals surface area (Å²) in [5.41, 5.74) is -0.985. The van der Waals surface area contributed by atoms with Crippen LogP contribution in [0, 0.1) is 5.82 Å². The zero-order valence-electron chi connectivity index (χ0n) is 12.3. The van der Waals surface area contributed by atoms with Gasteiger partial charge in [-0.25, -0.2) is 9.18 Å². The van der Waals surface area contributed by atoms with Crippen LogP contribution in [0.4, 0.5) is 10.2 Å². The maximum atomic E-state index is 13.1. The molecule has 0 saturated carbocycles. The molecule has 1 aromatic carbocycles. The maximum Gasteiger partial charge on any atom is 0.356 e.